The van der Waals surface area contributed by atoms with Gasteiger partial charge in [-0.3, -0.25) is 0 Å². The summed E-state index contributed by atoms with van der Waals surface area (Å²) in [6, 6.07) is 0. The lowest BCUT2D eigenvalue weighted by atomic mass is 10.9. The minimum absolute atomic E-state index is 0.395. The van der Waals surface area contributed by atoms with Crippen molar-refractivity contribution >= 4 is 117 Å². The lowest BCUT2D eigenvalue weighted by Gasteiger charge is -2.21. The highest BCUT2D eigenvalue weighted by atomic mass is 33.1. The predicted octanol–water partition coefficient (Wildman–Crippen LogP) is 5.42. The van der Waals surface area contributed by atoms with Crippen LogP contribution in [0.25, 0.3) is 0 Å². The van der Waals surface area contributed by atoms with Gasteiger partial charge in [-0.25, -0.2) is 0 Å². The molecule has 0 radical (unpaired) electrons. The van der Waals surface area contributed by atoms with Gasteiger partial charge in [0.2, 0.25) is 0 Å². The van der Waals surface area contributed by atoms with E-state index < -0.39 is 0 Å². The summed E-state index contributed by atoms with van der Waals surface area (Å²) in [4.78, 5) is 0. The van der Waals surface area contributed by atoms with Crippen molar-refractivity contribution in [2.45, 2.75) is 9.16 Å². The maximum absolute atomic E-state index is 4.28. The van der Waals surface area contributed by atoms with Gasteiger partial charge in [0.15, 0.2) is 0 Å². The Morgan fingerprint density at radius 1 is 0.750 bits per heavy atom. The van der Waals surface area contributed by atoms with Crippen molar-refractivity contribution < 1.29 is 0 Å². The second-order valence-corrected chi connectivity index (χ2v) is 11.9. The van der Waals surface area contributed by atoms with Crippen LogP contribution in [0.5, 0.6) is 0 Å². The van der Waals surface area contributed by atoms with Crippen molar-refractivity contribution in [2.75, 3.05) is 20.3 Å². The summed E-state index contributed by atoms with van der Waals surface area (Å²) in [7, 11) is 3.13. The molecule has 0 saturated heterocycles. The van der Waals surface area contributed by atoms with Crippen LogP contribution in [-0.2, 0) is 0 Å². The molecule has 0 N–H and O–H groups in total. The van der Waals surface area contributed by atoms with Gasteiger partial charge in [-0.2, -0.15) is 25.3 Å². The third-order valence-corrected chi connectivity index (χ3v) is 11.6. The third kappa shape index (κ3) is 10.3. The summed E-state index contributed by atoms with van der Waals surface area (Å²) >= 11 is 24.6. The average Bonchev–Trinajstić information content (AvgIpc) is 2.30. The number of thiol groups is 4. The Balaban J connectivity index is 3.74. The molecule has 1 atom stereocenters. The fourth-order valence-electron chi connectivity index (χ4n) is 0.643. The summed E-state index contributed by atoms with van der Waals surface area (Å²) in [6.45, 7) is 0. The minimum Gasteiger partial charge on any atom is -0.168 e. The predicted molar refractivity (Wildman–Crippen MR) is 109 cm³/mol. The Hall–Kier alpha value is 3.50. The van der Waals surface area contributed by atoms with E-state index >= 15 is 0 Å². The second kappa shape index (κ2) is 14.9. The molecule has 16 heavy (non-hydrogen) atoms. The van der Waals surface area contributed by atoms with E-state index in [0.29, 0.717) is 9.16 Å². The summed E-state index contributed by atoms with van der Waals surface area (Å²) < 4.78 is 0.892. The minimum atomic E-state index is 0.395. The SMILES string of the molecule is SCSCSCSC(SCS)C(SS)SS. The van der Waals surface area contributed by atoms with Gasteiger partial charge in [0.05, 0.1) is 9.16 Å². The molecular formula is C6H14S10. The van der Waals surface area contributed by atoms with Crippen molar-refractivity contribution in [2.24, 2.45) is 0 Å². The van der Waals surface area contributed by atoms with Gasteiger partial charge in [-0.15, -0.1) is 70.4 Å². The zero-order chi connectivity index (χ0) is 12.2. The highest BCUT2D eigenvalue weighted by Gasteiger charge is 2.21. The monoisotopic (exact) mass is 406 g/mol. The van der Waals surface area contributed by atoms with Crippen molar-refractivity contribution in [3.63, 3.8) is 0 Å². The molecule has 10 heteroatoms. The van der Waals surface area contributed by atoms with Crippen LogP contribution in [0.1, 0.15) is 0 Å². The van der Waals surface area contributed by atoms with E-state index in [1.165, 1.54) is 0 Å². The maximum Gasteiger partial charge on any atom is 0.0914 e. The quantitative estimate of drug-likeness (QED) is 0.155. The Kier molecular flexibility index (Phi) is 18.2. The van der Waals surface area contributed by atoms with Gasteiger partial charge >= 0.3 is 0 Å². The fraction of sp³-hybridized carbons (Fsp3) is 1.00. The summed E-state index contributed by atoms with van der Waals surface area (Å²) in [5.41, 5.74) is 0. The van der Waals surface area contributed by atoms with Gasteiger partial charge < -0.3 is 0 Å². The Labute approximate surface area is 145 Å². The third-order valence-electron chi connectivity index (χ3n) is 1.24. The van der Waals surface area contributed by atoms with Gasteiger partial charge in [0.1, 0.15) is 0 Å². The van der Waals surface area contributed by atoms with Crippen LogP contribution in [0.3, 0.4) is 0 Å². The van der Waals surface area contributed by atoms with E-state index in [9.17, 15) is 0 Å². The number of hydrogen-bond acceptors (Lipinski definition) is 10. The number of rotatable bonds is 11. The fourth-order valence-corrected chi connectivity index (χ4v) is 11.3. The number of thioether (sulfide) groups is 4. The normalized spacial score (nSPS) is 13.3. The molecule has 0 heterocycles. The highest BCUT2D eigenvalue weighted by Crippen LogP contribution is 2.43. The molecule has 0 rings (SSSR count). The molecule has 0 aromatic heterocycles. The molecule has 0 aliphatic rings. The van der Waals surface area contributed by atoms with Crippen LogP contribution < -0.4 is 0 Å². The summed E-state index contributed by atoms with van der Waals surface area (Å²) in [5, 5.41) is 3.95. The summed E-state index contributed by atoms with van der Waals surface area (Å²) in [6.07, 6.45) is 0. The topological polar surface area (TPSA) is 0 Å². The smallest absolute Gasteiger partial charge is 0.0914 e. The van der Waals surface area contributed by atoms with E-state index in [1.807, 2.05) is 47.0 Å². The molecule has 0 amide bonds. The molecule has 0 aromatic rings. The maximum atomic E-state index is 4.28. The zero-order valence-corrected chi connectivity index (χ0v) is 16.7. The van der Waals surface area contributed by atoms with Gasteiger partial charge in [-0.05, 0) is 0 Å². The Bertz CT molecular complexity index is 139. The molecule has 0 fully saturated rings. The first-order chi connectivity index (χ1) is 7.79. The molecule has 0 aliphatic heterocycles. The number of hydrogen-bond donors (Lipinski definition) is 4. The first-order valence-electron chi connectivity index (χ1n) is 4.01. The molecule has 0 bridgehead atoms. The van der Waals surface area contributed by atoms with Crippen LogP contribution in [0.15, 0.2) is 0 Å². The molecule has 0 nitrogen and oxygen atoms in total. The van der Waals surface area contributed by atoms with Crippen LogP contribution in [0.4, 0.5) is 0 Å². The van der Waals surface area contributed by atoms with Crippen LogP contribution >= 0.6 is 117 Å². The lowest BCUT2D eigenvalue weighted by Crippen LogP contribution is -2.11. The Morgan fingerprint density at radius 3 is 1.94 bits per heavy atom. The van der Waals surface area contributed by atoms with E-state index in [4.69, 9.17) is 0 Å². The van der Waals surface area contributed by atoms with Gasteiger partial charge in [0.25, 0.3) is 0 Å². The van der Waals surface area contributed by atoms with Crippen LogP contribution in [0.2, 0.25) is 0 Å². The van der Waals surface area contributed by atoms with Crippen LogP contribution in [0, 0.1) is 0 Å². The van der Waals surface area contributed by atoms with Crippen LogP contribution in [-0.4, -0.2) is 29.5 Å². The molecule has 1 unspecified atom stereocenters. The van der Waals surface area contributed by atoms with Crippen molar-refractivity contribution in [3.05, 3.63) is 0 Å². The van der Waals surface area contributed by atoms with Gasteiger partial charge in [0, 0.05) is 20.3 Å². The largest absolute Gasteiger partial charge is 0.168 e. The first-order valence-corrected chi connectivity index (χ1v) is 13.5. The van der Waals surface area contributed by atoms with Crippen molar-refractivity contribution in [1.29, 1.82) is 0 Å². The molecule has 98 valence electrons. The molecule has 0 saturated carbocycles. The second-order valence-electron chi connectivity index (χ2n) is 2.18. The van der Waals surface area contributed by atoms with E-state index in [2.05, 4.69) is 48.6 Å². The molecular weight excluding hydrogens is 393 g/mol. The molecule has 0 aromatic carbocycles. The lowest BCUT2D eigenvalue weighted by molar-refractivity contribution is 1.38. The first kappa shape index (κ1) is 19.5. The summed E-state index contributed by atoms with van der Waals surface area (Å²) in [5.74, 6) is 0. The van der Waals surface area contributed by atoms with Crippen molar-refractivity contribution in [3.8, 4) is 0 Å². The average molecular weight is 407 g/mol. The molecule has 0 aliphatic carbocycles. The van der Waals surface area contributed by atoms with Gasteiger partial charge in [-0.1, -0.05) is 21.6 Å². The molecule has 0 spiro atoms. The van der Waals surface area contributed by atoms with E-state index in [1.54, 1.807) is 21.6 Å². The van der Waals surface area contributed by atoms with E-state index in [-0.39, 0.29) is 0 Å². The van der Waals surface area contributed by atoms with Crippen molar-refractivity contribution in [1.82, 2.24) is 0 Å². The standard InChI is InChI=1S/C6H14S10/c7-1-11-3-12-4-14-5(13-2-8)6(15-9)16-10/h5-10H,1-4H2. The zero-order valence-electron chi connectivity index (χ0n) is 8.22. The highest BCUT2D eigenvalue weighted by molar-refractivity contribution is 8.78. The Morgan fingerprint density at radius 2 is 1.44 bits per heavy atom. The van der Waals surface area contributed by atoms with E-state index in [0.717, 1.165) is 20.3 Å².